The van der Waals surface area contributed by atoms with Crippen LogP contribution in [0, 0.1) is 0 Å². The van der Waals surface area contributed by atoms with E-state index in [-0.39, 0.29) is 0 Å². The largest absolute Gasteiger partial charge is 0.381 e. The minimum absolute atomic E-state index is 0.738. The third kappa shape index (κ3) is 2.38. The third-order valence-corrected chi connectivity index (χ3v) is 3.78. The highest BCUT2D eigenvalue weighted by atomic mass is 32.2. The minimum Gasteiger partial charge on any atom is -0.381 e. The van der Waals surface area contributed by atoms with Crippen LogP contribution in [0.4, 0.5) is 0 Å². The van der Waals surface area contributed by atoms with E-state index >= 15 is 0 Å². The van der Waals surface area contributed by atoms with Gasteiger partial charge in [0.1, 0.15) is 0 Å². The fourth-order valence-corrected chi connectivity index (χ4v) is 3.03. The number of hydrogen-bond acceptors (Lipinski definition) is 3. The molecule has 0 saturated carbocycles. The van der Waals surface area contributed by atoms with E-state index < -0.39 is 0 Å². The molecule has 3 heteroatoms. The van der Waals surface area contributed by atoms with Crippen LogP contribution in [0.5, 0.6) is 0 Å². The Balaban J connectivity index is 1.69. The van der Waals surface area contributed by atoms with Crippen molar-refractivity contribution in [2.24, 2.45) is 0 Å². The monoisotopic (exact) mass is 187 g/mol. The fourth-order valence-electron chi connectivity index (χ4n) is 1.86. The van der Waals surface area contributed by atoms with Crippen molar-refractivity contribution in [1.29, 1.82) is 0 Å². The average molecular weight is 187 g/mol. The molecule has 0 spiro atoms. The quantitative estimate of drug-likeness (QED) is 0.703. The molecule has 1 N–H and O–H groups in total. The van der Waals surface area contributed by atoms with Crippen LogP contribution in [-0.4, -0.2) is 36.8 Å². The summed E-state index contributed by atoms with van der Waals surface area (Å²) < 4.78 is 5.32. The van der Waals surface area contributed by atoms with Gasteiger partial charge in [-0.05, 0) is 25.0 Å². The summed E-state index contributed by atoms with van der Waals surface area (Å²) in [5.74, 6) is 2.66. The van der Waals surface area contributed by atoms with E-state index in [2.05, 4.69) is 17.1 Å². The molecule has 1 unspecified atom stereocenters. The summed E-state index contributed by atoms with van der Waals surface area (Å²) in [6, 6.07) is 1.53. The molecule has 2 aliphatic heterocycles. The SMILES string of the molecule is C1CC(NC2CCSC2)CCO1. The van der Waals surface area contributed by atoms with E-state index in [0.717, 1.165) is 25.3 Å². The lowest BCUT2D eigenvalue weighted by Gasteiger charge is -2.26. The number of nitrogens with one attached hydrogen (secondary N) is 1. The van der Waals surface area contributed by atoms with Crippen LogP contribution in [0.3, 0.4) is 0 Å². The molecule has 0 aromatic rings. The number of hydrogen-bond donors (Lipinski definition) is 1. The van der Waals surface area contributed by atoms with E-state index in [4.69, 9.17) is 4.74 Å². The maximum atomic E-state index is 5.32. The lowest BCUT2D eigenvalue weighted by atomic mass is 10.1. The van der Waals surface area contributed by atoms with Gasteiger partial charge in [-0.15, -0.1) is 0 Å². The molecule has 0 bridgehead atoms. The zero-order valence-corrected chi connectivity index (χ0v) is 8.24. The first kappa shape index (κ1) is 8.85. The molecule has 70 valence electrons. The summed E-state index contributed by atoms with van der Waals surface area (Å²) in [5.41, 5.74) is 0. The standard InChI is InChI=1S/C9H17NOS/c1-4-11-5-2-8(1)10-9-3-6-12-7-9/h8-10H,1-7H2. The summed E-state index contributed by atoms with van der Waals surface area (Å²) in [6.45, 7) is 1.91. The highest BCUT2D eigenvalue weighted by molar-refractivity contribution is 7.99. The van der Waals surface area contributed by atoms with Crippen molar-refractivity contribution in [1.82, 2.24) is 5.32 Å². The van der Waals surface area contributed by atoms with Crippen molar-refractivity contribution in [3.05, 3.63) is 0 Å². The van der Waals surface area contributed by atoms with Gasteiger partial charge in [0.15, 0.2) is 0 Å². The lowest BCUT2D eigenvalue weighted by molar-refractivity contribution is 0.0757. The summed E-state index contributed by atoms with van der Waals surface area (Å²) in [7, 11) is 0. The van der Waals surface area contributed by atoms with E-state index in [0.29, 0.717) is 0 Å². The predicted octanol–water partition coefficient (Wildman–Crippen LogP) is 1.26. The molecule has 2 nitrogen and oxygen atoms in total. The first-order valence-electron chi connectivity index (χ1n) is 4.87. The van der Waals surface area contributed by atoms with Crippen molar-refractivity contribution in [3.63, 3.8) is 0 Å². The van der Waals surface area contributed by atoms with Gasteiger partial charge in [0.05, 0.1) is 0 Å². The van der Waals surface area contributed by atoms with Gasteiger partial charge in [0.2, 0.25) is 0 Å². The molecular formula is C9H17NOS. The van der Waals surface area contributed by atoms with Crippen LogP contribution in [0.15, 0.2) is 0 Å². The first-order valence-corrected chi connectivity index (χ1v) is 6.02. The zero-order valence-electron chi connectivity index (χ0n) is 7.42. The van der Waals surface area contributed by atoms with Crippen LogP contribution in [0.1, 0.15) is 19.3 Å². The Kier molecular flexibility index (Phi) is 3.31. The molecule has 1 atom stereocenters. The van der Waals surface area contributed by atoms with E-state index in [1.165, 1.54) is 30.8 Å². The van der Waals surface area contributed by atoms with Crippen molar-refractivity contribution in [2.45, 2.75) is 31.3 Å². The Hall–Kier alpha value is 0.270. The number of ether oxygens (including phenoxy) is 1. The summed E-state index contributed by atoms with van der Waals surface area (Å²) in [5, 5.41) is 3.72. The summed E-state index contributed by atoms with van der Waals surface area (Å²) >= 11 is 2.08. The van der Waals surface area contributed by atoms with Gasteiger partial charge < -0.3 is 10.1 Å². The summed E-state index contributed by atoms with van der Waals surface area (Å²) in [4.78, 5) is 0. The van der Waals surface area contributed by atoms with Crippen LogP contribution >= 0.6 is 11.8 Å². The van der Waals surface area contributed by atoms with Crippen LogP contribution in [0.25, 0.3) is 0 Å². The smallest absolute Gasteiger partial charge is 0.0480 e. The van der Waals surface area contributed by atoms with Crippen LogP contribution in [-0.2, 0) is 4.74 Å². The Bertz CT molecular complexity index is 130. The number of thioether (sulfide) groups is 1. The average Bonchev–Trinajstić information content (AvgIpc) is 2.59. The van der Waals surface area contributed by atoms with Crippen LogP contribution < -0.4 is 5.32 Å². The molecule has 2 rings (SSSR count). The van der Waals surface area contributed by atoms with Gasteiger partial charge in [0, 0.05) is 31.1 Å². The molecule has 2 heterocycles. The van der Waals surface area contributed by atoms with Gasteiger partial charge in [-0.2, -0.15) is 11.8 Å². The van der Waals surface area contributed by atoms with Gasteiger partial charge in [-0.1, -0.05) is 0 Å². The molecule has 0 aliphatic carbocycles. The van der Waals surface area contributed by atoms with Crippen molar-refractivity contribution < 1.29 is 4.74 Å². The second-order valence-corrected chi connectivity index (χ2v) is 4.76. The Morgan fingerprint density at radius 2 is 1.92 bits per heavy atom. The number of rotatable bonds is 2. The van der Waals surface area contributed by atoms with Crippen LogP contribution in [0.2, 0.25) is 0 Å². The molecule has 2 aliphatic rings. The molecule has 0 amide bonds. The predicted molar refractivity (Wildman–Crippen MR) is 52.7 cm³/mol. The van der Waals surface area contributed by atoms with E-state index in [9.17, 15) is 0 Å². The lowest BCUT2D eigenvalue weighted by Crippen LogP contribution is -2.41. The van der Waals surface area contributed by atoms with Gasteiger partial charge in [0.25, 0.3) is 0 Å². The summed E-state index contributed by atoms with van der Waals surface area (Å²) in [6.07, 6.45) is 3.78. The van der Waals surface area contributed by atoms with Gasteiger partial charge >= 0.3 is 0 Å². The van der Waals surface area contributed by atoms with Gasteiger partial charge in [-0.25, -0.2) is 0 Å². The van der Waals surface area contributed by atoms with Crippen molar-refractivity contribution >= 4 is 11.8 Å². The fraction of sp³-hybridized carbons (Fsp3) is 1.00. The highest BCUT2D eigenvalue weighted by Gasteiger charge is 2.20. The van der Waals surface area contributed by atoms with E-state index in [1.54, 1.807) is 0 Å². The first-order chi connectivity index (χ1) is 5.95. The molecule has 12 heavy (non-hydrogen) atoms. The maximum absolute atomic E-state index is 5.32. The second-order valence-electron chi connectivity index (χ2n) is 3.61. The molecular weight excluding hydrogens is 170 g/mol. The van der Waals surface area contributed by atoms with Crippen molar-refractivity contribution in [3.8, 4) is 0 Å². The molecule has 2 saturated heterocycles. The maximum Gasteiger partial charge on any atom is 0.0480 e. The molecule has 2 fully saturated rings. The molecule has 0 aromatic heterocycles. The molecule has 0 radical (unpaired) electrons. The van der Waals surface area contributed by atoms with Crippen molar-refractivity contribution in [2.75, 3.05) is 24.7 Å². The normalized spacial score (nSPS) is 32.5. The zero-order chi connectivity index (χ0) is 8.23. The topological polar surface area (TPSA) is 21.3 Å². The highest BCUT2D eigenvalue weighted by Crippen LogP contribution is 2.19. The second kappa shape index (κ2) is 4.49. The Morgan fingerprint density at radius 3 is 2.58 bits per heavy atom. The Morgan fingerprint density at radius 1 is 1.08 bits per heavy atom. The third-order valence-electron chi connectivity index (χ3n) is 2.62. The minimum atomic E-state index is 0.738. The van der Waals surface area contributed by atoms with Gasteiger partial charge in [-0.3, -0.25) is 0 Å². The Labute approximate surface area is 78.4 Å². The molecule has 0 aromatic carbocycles. The van der Waals surface area contributed by atoms with E-state index in [1.807, 2.05) is 0 Å².